The molecular weight excluding hydrogens is 244 g/mol. The Bertz CT molecular complexity index is 468. The van der Waals surface area contributed by atoms with Gasteiger partial charge in [-0.05, 0) is 31.0 Å². The third kappa shape index (κ3) is 4.28. The lowest BCUT2D eigenvalue weighted by Gasteiger charge is -2.19. The lowest BCUT2D eigenvalue weighted by atomic mass is 10.1. The maximum Gasteiger partial charge on any atom is 0.335 e. The van der Waals surface area contributed by atoms with E-state index in [1.165, 1.54) is 13.0 Å². The number of hydrogen-bond acceptors (Lipinski definition) is 3. The fourth-order valence-corrected chi connectivity index (χ4v) is 1.81. The number of hydrogen-bond donors (Lipinski definition) is 3. The van der Waals surface area contributed by atoms with E-state index in [4.69, 9.17) is 5.11 Å². The molecule has 5 nitrogen and oxygen atoms in total. The van der Waals surface area contributed by atoms with Crippen LogP contribution in [0.1, 0.15) is 44.0 Å². The van der Waals surface area contributed by atoms with Gasteiger partial charge in [0.25, 0.3) is 0 Å². The molecule has 1 aromatic rings. The fourth-order valence-electron chi connectivity index (χ4n) is 1.81. The van der Waals surface area contributed by atoms with Crippen LogP contribution in [0.5, 0.6) is 0 Å². The van der Waals surface area contributed by atoms with E-state index < -0.39 is 5.97 Å². The highest BCUT2D eigenvalue weighted by atomic mass is 16.4. The number of anilines is 2. The van der Waals surface area contributed by atoms with Crippen molar-refractivity contribution in [3.8, 4) is 0 Å². The van der Waals surface area contributed by atoms with E-state index in [2.05, 4.69) is 24.5 Å². The van der Waals surface area contributed by atoms with Crippen LogP contribution in [0.3, 0.4) is 0 Å². The van der Waals surface area contributed by atoms with E-state index in [-0.39, 0.29) is 17.5 Å². The van der Waals surface area contributed by atoms with Crippen molar-refractivity contribution < 1.29 is 14.7 Å². The Kier molecular flexibility index (Phi) is 5.36. The van der Waals surface area contributed by atoms with Crippen LogP contribution in [-0.2, 0) is 4.79 Å². The summed E-state index contributed by atoms with van der Waals surface area (Å²) in [7, 11) is 0. The standard InChI is InChI=1S/C14H20N2O3/c1-4-11(5-2)16-13-8-10(14(18)19)6-7-12(13)15-9(3)17/h6-8,11,16H,4-5H2,1-3H3,(H,15,17)(H,18,19). The molecule has 1 amide bonds. The second-order valence-corrected chi connectivity index (χ2v) is 4.40. The van der Waals surface area contributed by atoms with Gasteiger partial charge >= 0.3 is 5.97 Å². The summed E-state index contributed by atoms with van der Waals surface area (Å²) in [5, 5.41) is 15.0. The van der Waals surface area contributed by atoms with Crippen molar-refractivity contribution >= 4 is 23.3 Å². The molecule has 0 unspecified atom stereocenters. The third-order valence-corrected chi connectivity index (χ3v) is 2.92. The Hall–Kier alpha value is -2.04. The predicted molar refractivity (Wildman–Crippen MR) is 75.7 cm³/mol. The van der Waals surface area contributed by atoms with Gasteiger partial charge in [-0.15, -0.1) is 0 Å². The van der Waals surface area contributed by atoms with Crippen LogP contribution in [0.25, 0.3) is 0 Å². The Labute approximate surface area is 113 Å². The van der Waals surface area contributed by atoms with Gasteiger partial charge in [0.15, 0.2) is 0 Å². The van der Waals surface area contributed by atoms with Gasteiger partial charge in [0, 0.05) is 13.0 Å². The van der Waals surface area contributed by atoms with Gasteiger partial charge in [0.1, 0.15) is 0 Å². The molecule has 3 N–H and O–H groups in total. The molecule has 0 aromatic heterocycles. The summed E-state index contributed by atoms with van der Waals surface area (Å²) in [6.45, 7) is 5.53. The summed E-state index contributed by atoms with van der Waals surface area (Å²) >= 11 is 0. The number of carbonyl (C=O) groups excluding carboxylic acids is 1. The average molecular weight is 264 g/mol. The van der Waals surface area contributed by atoms with Crippen molar-refractivity contribution in [2.75, 3.05) is 10.6 Å². The number of nitrogens with one attached hydrogen (secondary N) is 2. The summed E-state index contributed by atoms with van der Waals surface area (Å²) < 4.78 is 0. The molecule has 0 spiro atoms. The molecule has 0 saturated carbocycles. The molecule has 19 heavy (non-hydrogen) atoms. The maximum absolute atomic E-state index is 11.2. The van der Waals surface area contributed by atoms with Gasteiger partial charge in [0.2, 0.25) is 5.91 Å². The van der Waals surface area contributed by atoms with Crippen LogP contribution in [0.4, 0.5) is 11.4 Å². The molecule has 0 bridgehead atoms. The van der Waals surface area contributed by atoms with Gasteiger partial charge in [0.05, 0.1) is 16.9 Å². The lowest BCUT2D eigenvalue weighted by molar-refractivity contribution is -0.114. The average Bonchev–Trinajstić information content (AvgIpc) is 2.36. The van der Waals surface area contributed by atoms with Crippen molar-refractivity contribution in [3.05, 3.63) is 23.8 Å². The molecule has 0 fully saturated rings. The first kappa shape index (κ1) is 15.0. The van der Waals surface area contributed by atoms with Crippen LogP contribution < -0.4 is 10.6 Å². The highest BCUT2D eigenvalue weighted by Gasteiger charge is 2.12. The second-order valence-electron chi connectivity index (χ2n) is 4.40. The smallest absolute Gasteiger partial charge is 0.335 e. The predicted octanol–water partition coefficient (Wildman–Crippen LogP) is 2.94. The number of amides is 1. The third-order valence-electron chi connectivity index (χ3n) is 2.92. The molecule has 5 heteroatoms. The molecule has 0 radical (unpaired) electrons. The van der Waals surface area contributed by atoms with E-state index in [1.807, 2.05) is 0 Å². The van der Waals surface area contributed by atoms with Gasteiger partial charge < -0.3 is 15.7 Å². The number of carboxylic acids is 1. The van der Waals surface area contributed by atoms with E-state index in [1.54, 1.807) is 12.1 Å². The first-order chi connectivity index (χ1) is 8.97. The number of carboxylic acid groups (broad SMARTS) is 1. The van der Waals surface area contributed by atoms with Gasteiger partial charge in [-0.2, -0.15) is 0 Å². The monoisotopic (exact) mass is 264 g/mol. The zero-order valence-electron chi connectivity index (χ0n) is 11.5. The minimum Gasteiger partial charge on any atom is -0.478 e. The largest absolute Gasteiger partial charge is 0.478 e. The molecule has 0 atom stereocenters. The maximum atomic E-state index is 11.2. The van der Waals surface area contributed by atoms with Crippen molar-refractivity contribution in [3.63, 3.8) is 0 Å². The fraction of sp³-hybridized carbons (Fsp3) is 0.429. The summed E-state index contributed by atoms with van der Waals surface area (Å²) in [5.74, 6) is -1.17. The van der Waals surface area contributed by atoms with Gasteiger partial charge in [-0.1, -0.05) is 13.8 Å². The van der Waals surface area contributed by atoms with E-state index in [0.717, 1.165) is 12.8 Å². The molecule has 1 rings (SSSR count). The Balaban J connectivity index is 3.09. The van der Waals surface area contributed by atoms with Crippen molar-refractivity contribution in [2.45, 2.75) is 39.7 Å². The van der Waals surface area contributed by atoms with Gasteiger partial charge in [-0.3, -0.25) is 4.79 Å². The quantitative estimate of drug-likeness (QED) is 0.738. The number of benzene rings is 1. The highest BCUT2D eigenvalue weighted by Crippen LogP contribution is 2.25. The molecule has 104 valence electrons. The Morgan fingerprint density at radius 2 is 1.84 bits per heavy atom. The topological polar surface area (TPSA) is 78.4 Å². The van der Waals surface area contributed by atoms with Crippen molar-refractivity contribution in [2.24, 2.45) is 0 Å². The van der Waals surface area contributed by atoms with Crippen LogP contribution in [0.2, 0.25) is 0 Å². The van der Waals surface area contributed by atoms with Crippen LogP contribution >= 0.6 is 0 Å². The highest BCUT2D eigenvalue weighted by molar-refractivity contribution is 5.96. The second kappa shape index (κ2) is 6.78. The van der Waals surface area contributed by atoms with Gasteiger partial charge in [-0.25, -0.2) is 4.79 Å². The normalized spacial score (nSPS) is 10.3. The SMILES string of the molecule is CCC(CC)Nc1cc(C(=O)O)ccc1NC(C)=O. The lowest BCUT2D eigenvalue weighted by Crippen LogP contribution is -2.19. The number of aromatic carboxylic acids is 1. The number of carbonyl (C=O) groups is 2. The first-order valence-electron chi connectivity index (χ1n) is 6.39. The first-order valence-corrected chi connectivity index (χ1v) is 6.39. The van der Waals surface area contributed by atoms with Crippen LogP contribution in [0.15, 0.2) is 18.2 Å². The Morgan fingerprint density at radius 3 is 2.32 bits per heavy atom. The number of rotatable bonds is 6. The zero-order chi connectivity index (χ0) is 14.4. The summed E-state index contributed by atoms with van der Waals surface area (Å²) in [6, 6.07) is 4.88. The minimum atomic E-state index is -0.984. The summed E-state index contributed by atoms with van der Waals surface area (Å²) in [4.78, 5) is 22.2. The summed E-state index contributed by atoms with van der Waals surface area (Å²) in [5.41, 5.74) is 1.44. The van der Waals surface area contributed by atoms with Crippen LogP contribution in [0, 0.1) is 0 Å². The van der Waals surface area contributed by atoms with Crippen LogP contribution in [-0.4, -0.2) is 23.0 Å². The molecule has 0 heterocycles. The minimum absolute atomic E-state index is 0.185. The Morgan fingerprint density at radius 1 is 1.21 bits per heavy atom. The zero-order valence-corrected chi connectivity index (χ0v) is 11.5. The molecular formula is C14H20N2O3. The molecule has 0 aliphatic carbocycles. The summed E-state index contributed by atoms with van der Waals surface area (Å²) in [6.07, 6.45) is 1.85. The van der Waals surface area contributed by atoms with Crippen molar-refractivity contribution in [1.29, 1.82) is 0 Å². The van der Waals surface area contributed by atoms with Crippen molar-refractivity contribution in [1.82, 2.24) is 0 Å². The molecule has 0 aliphatic rings. The van der Waals surface area contributed by atoms with E-state index in [9.17, 15) is 9.59 Å². The molecule has 0 aliphatic heterocycles. The van der Waals surface area contributed by atoms with E-state index >= 15 is 0 Å². The molecule has 1 aromatic carbocycles. The van der Waals surface area contributed by atoms with E-state index in [0.29, 0.717) is 11.4 Å². The molecule has 0 saturated heterocycles.